The normalized spacial score (nSPS) is 11.4. The van der Waals surface area contributed by atoms with Crippen molar-refractivity contribution < 1.29 is 12.8 Å². The number of anilines is 1. The monoisotopic (exact) mass is 295 g/mol. The summed E-state index contributed by atoms with van der Waals surface area (Å²) in [6.45, 7) is 1.76. The van der Waals surface area contributed by atoms with Gasteiger partial charge in [-0.15, -0.1) is 0 Å². The molecule has 0 aromatic heterocycles. The van der Waals surface area contributed by atoms with Crippen molar-refractivity contribution >= 4 is 31.6 Å². The standard InChI is InChI=1S/C9H11BrFNO2S/c1-2-3-15(13,14)12-9-5-7(10)4-8(11)6-9/h4-6,12H,2-3H2,1H3. The Kier molecular flexibility index (Phi) is 4.10. The van der Waals surface area contributed by atoms with E-state index in [0.717, 1.165) is 6.07 Å². The molecule has 15 heavy (non-hydrogen) atoms. The summed E-state index contributed by atoms with van der Waals surface area (Å²) in [7, 11) is -3.36. The van der Waals surface area contributed by atoms with E-state index < -0.39 is 15.8 Å². The number of benzene rings is 1. The highest BCUT2D eigenvalue weighted by molar-refractivity contribution is 9.10. The molecule has 0 heterocycles. The van der Waals surface area contributed by atoms with Crippen LogP contribution in [0.25, 0.3) is 0 Å². The van der Waals surface area contributed by atoms with Gasteiger partial charge in [0.1, 0.15) is 5.82 Å². The van der Waals surface area contributed by atoms with Crippen LogP contribution in [0.4, 0.5) is 10.1 Å². The molecule has 0 spiro atoms. The smallest absolute Gasteiger partial charge is 0.232 e. The number of hydrogen-bond acceptors (Lipinski definition) is 2. The fraction of sp³-hybridized carbons (Fsp3) is 0.333. The van der Waals surface area contributed by atoms with Crippen LogP contribution >= 0.6 is 15.9 Å². The quantitative estimate of drug-likeness (QED) is 0.928. The van der Waals surface area contributed by atoms with E-state index in [9.17, 15) is 12.8 Å². The molecular formula is C9H11BrFNO2S. The highest BCUT2D eigenvalue weighted by Crippen LogP contribution is 2.19. The molecule has 3 nitrogen and oxygen atoms in total. The zero-order chi connectivity index (χ0) is 11.5. The summed E-state index contributed by atoms with van der Waals surface area (Å²) in [6, 6.07) is 3.91. The van der Waals surface area contributed by atoms with Crippen molar-refractivity contribution in [3.63, 3.8) is 0 Å². The Bertz CT molecular complexity index is 427. The predicted molar refractivity (Wildman–Crippen MR) is 61.8 cm³/mol. The summed E-state index contributed by atoms with van der Waals surface area (Å²) in [5.74, 6) is -0.459. The van der Waals surface area contributed by atoms with Gasteiger partial charge in [0.2, 0.25) is 10.0 Å². The number of sulfonamides is 1. The fourth-order valence-electron chi connectivity index (χ4n) is 1.11. The lowest BCUT2D eigenvalue weighted by atomic mass is 10.3. The van der Waals surface area contributed by atoms with Gasteiger partial charge in [-0.3, -0.25) is 4.72 Å². The van der Waals surface area contributed by atoms with E-state index in [2.05, 4.69) is 20.7 Å². The van der Waals surface area contributed by atoms with Crippen LogP contribution in [-0.4, -0.2) is 14.2 Å². The van der Waals surface area contributed by atoms with Gasteiger partial charge in [0.25, 0.3) is 0 Å². The zero-order valence-electron chi connectivity index (χ0n) is 8.13. The summed E-state index contributed by atoms with van der Waals surface area (Å²) >= 11 is 3.08. The molecule has 0 aliphatic heterocycles. The highest BCUT2D eigenvalue weighted by Gasteiger charge is 2.09. The van der Waals surface area contributed by atoms with Crippen LogP contribution in [0.2, 0.25) is 0 Å². The minimum atomic E-state index is -3.36. The van der Waals surface area contributed by atoms with Crippen molar-refractivity contribution in [2.24, 2.45) is 0 Å². The molecular weight excluding hydrogens is 285 g/mol. The molecule has 84 valence electrons. The molecule has 0 aliphatic rings. The second-order valence-electron chi connectivity index (χ2n) is 3.08. The SMILES string of the molecule is CCCS(=O)(=O)Nc1cc(F)cc(Br)c1. The van der Waals surface area contributed by atoms with E-state index in [1.807, 2.05) is 0 Å². The molecule has 1 N–H and O–H groups in total. The average Bonchev–Trinajstić information content (AvgIpc) is 1.99. The van der Waals surface area contributed by atoms with Crippen LogP contribution in [0.3, 0.4) is 0 Å². The first-order valence-electron chi connectivity index (χ1n) is 4.39. The van der Waals surface area contributed by atoms with Gasteiger partial charge < -0.3 is 0 Å². The van der Waals surface area contributed by atoms with Crippen LogP contribution in [0.5, 0.6) is 0 Å². The summed E-state index contributed by atoms with van der Waals surface area (Å²) in [5.41, 5.74) is 0.232. The molecule has 0 amide bonds. The van der Waals surface area contributed by atoms with Gasteiger partial charge in [-0.25, -0.2) is 12.8 Å². The topological polar surface area (TPSA) is 46.2 Å². The zero-order valence-corrected chi connectivity index (χ0v) is 10.5. The van der Waals surface area contributed by atoms with Crippen molar-refractivity contribution in [3.05, 3.63) is 28.5 Å². The van der Waals surface area contributed by atoms with Crippen molar-refractivity contribution in [3.8, 4) is 0 Å². The third-order valence-electron chi connectivity index (χ3n) is 1.61. The number of rotatable bonds is 4. The van der Waals surface area contributed by atoms with E-state index in [-0.39, 0.29) is 11.4 Å². The number of nitrogens with one attached hydrogen (secondary N) is 1. The van der Waals surface area contributed by atoms with Gasteiger partial charge in [-0.2, -0.15) is 0 Å². The summed E-state index contributed by atoms with van der Waals surface area (Å²) in [6.07, 6.45) is 0.520. The van der Waals surface area contributed by atoms with Crippen LogP contribution in [0.1, 0.15) is 13.3 Å². The third kappa shape index (κ3) is 4.17. The predicted octanol–water partition coefficient (Wildman–Crippen LogP) is 2.74. The Balaban J connectivity index is 2.90. The molecule has 0 radical (unpaired) electrons. The van der Waals surface area contributed by atoms with Crippen molar-refractivity contribution in [2.75, 3.05) is 10.5 Å². The minimum Gasteiger partial charge on any atom is -0.283 e. The van der Waals surface area contributed by atoms with Crippen molar-refractivity contribution in [1.82, 2.24) is 0 Å². The molecule has 0 saturated heterocycles. The molecule has 0 unspecified atom stereocenters. The Morgan fingerprint density at radius 1 is 1.40 bits per heavy atom. The first-order valence-corrected chi connectivity index (χ1v) is 6.84. The molecule has 0 fully saturated rings. The van der Waals surface area contributed by atoms with Crippen LogP contribution in [0, 0.1) is 5.82 Å². The fourth-order valence-corrected chi connectivity index (χ4v) is 2.69. The molecule has 0 bridgehead atoms. The van der Waals surface area contributed by atoms with Crippen LogP contribution in [-0.2, 0) is 10.0 Å². The van der Waals surface area contributed by atoms with Gasteiger partial charge in [-0.05, 0) is 24.6 Å². The largest absolute Gasteiger partial charge is 0.283 e. The molecule has 0 aliphatic carbocycles. The molecule has 6 heteroatoms. The first kappa shape index (κ1) is 12.4. The highest BCUT2D eigenvalue weighted by atomic mass is 79.9. The molecule has 1 aromatic rings. The Labute approximate surface area is 96.9 Å². The van der Waals surface area contributed by atoms with Crippen molar-refractivity contribution in [2.45, 2.75) is 13.3 Å². The third-order valence-corrected chi connectivity index (χ3v) is 3.56. The molecule has 1 rings (SSSR count). The van der Waals surface area contributed by atoms with Gasteiger partial charge >= 0.3 is 0 Å². The summed E-state index contributed by atoms with van der Waals surface area (Å²) in [5, 5.41) is 0. The average molecular weight is 296 g/mol. The second kappa shape index (κ2) is 4.94. The number of halogens is 2. The van der Waals surface area contributed by atoms with Crippen LogP contribution in [0.15, 0.2) is 22.7 Å². The number of hydrogen-bond donors (Lipinski definition) is 1. The second-order valence-corrected chi connectivity index (χ2v) is 5.84. The maximum atomic E-state index is 12.9. The van der Waals surface area contributed by atoms with E-state index in [1.165, 1.54) is 12.1 Å². The van der Waals surface area contributed by atoms with Crippen molar-refractivity contribution in [1.29, 1.82) is 0 Å². The molecule has 0 atom stereocenters. The maximum Gasteiger partial charge on any atom is 0.232 e. The first-order chi connectivity index (χ1) is 6.93. The Hall–Kier alpha value is -0.620. The van der Waals surface area contributed by atoms with E-state index in [1.54, 1.807) is 6.92 Å². The lowest BCUT2D eigenvalue weighted by Crippen LogP contribution is -2.16. The van der Waals surface area contributed by atoms with Gasteiger partial charge in [-0.1, -0.05) is 22.9 Å². The lowest BCUT2D eigenvalue weighted by molar-refractivity contribution is 0.599. The maximum absolute atomic E-state index is 12.9. The molecule has 0 saturated carbocycles. The lowest BCUT2D eigenvalue weighted by Gasteiger charge is -2.07. The van der Waals surface area contributed by atoms with E-state index in [4.69, 9.17) is 0 Å². The van der Waals surface area contributed by atoms with E-state index in [0.29, 0.717) is 10.9 Å². The van der Waals surface area contributed by atoms with Crippen LogP contribution < -0.4 is 4.72 Å². The minimum absolute atomic E-state index is 0.0289. The Morgan fingerprint density at radius 3 is 2.60 bits per heavy atom. The van der Waals surface area contributed by atoms with Gasteiger partial charge in [0, 0.05) is 4.47 Å². The Morgan fingerprint density at radius 2 is 2.07 bits per heavy atom. The summed E-state index contributed by atoms with van der Waals surface area (Å²) in [4.78, 5) is 0. The van der Waals surface area contributed by atoms with Gasteiger partial charge in [0.05, 0.1) is 11.4 Å². The molecule has 1 aromatic carbocycles. The summed E-state index contributed by atoms with van der Waals surface area (Å²) < 4.78 is 38.5. The van der Waals surface area contributed by atoms with E-state index >= 15 is 0 Å². The van der Waals surface area contributed by atoms with Gasteiger partial charge in [0.15, 0.2) is 0 Å².